The van der Waals surface area contributed by atoms with Crippen LogP contribution in [-0.2, 0) is 0 Å². The highest BCUT2D eigenvalue weighted by Gasteiger charge is 2.24. The van der Waals surface area contributed by atoms with Gasteiger partial charge in [0.05, 0.1) is 18.5 Å². The number of rotatable bonds is 6. The van der Waals surface area contributed by atoms with Crippen molar-refractivity contribution in [1.29, 1.82) is 0 Å². The number of nitrogens with one attached hydrogen (secondary N) is 1. The molecule has 10 heteroatoms. The van der Waals surface area contributed by atoms with E-state index in [-0.39, 0.29) is 17.5 Å². The van der Waals surface area contributed by atoms with E-state index in [9.17, 15) is 9.18 Å². The molecule has 1 aromatic carbocycles. The van der Waals surface area contributed by atoms with Crippen LogP contribution in [0.1, 0.15) is 23.3 Å². The number of halogens is 1. The number of nitrogens with two attached hydrogens (primary N) is 1. The summed E-state index contributed by atoms with van der Waals surface area (Å²) in [6.07, 6.45) is 4.97. The number of ether oxygens (including phenoxy) is 1. The van der Waals surface area contributed by atoms with Crippen molar-refractivity contribution in [2.75, 3.05) is 37.0 Å². The third-order valence-electron chi connectivity index (χ3n) is 5.29. The summed E-state index contributed by atoms with van der Waals surface area (Å²) < 4.78 is 19.7. The predicted octanol–water partition coefficient (Wildman–Crippen LogP) is 3.18. The lowest BCUT2D eigenvalue weighted by atomic mass is 9.96. The Morgan fingerprint density at radius 1 is 1.32 bits per heavy atom. The van der Waals surface area contributed by atoms with Crippen molar-refractivity contribution in [3.05, 3.63) is 47.5 Å². The highest BCUT2D eigenvalue weighted by atomic mass is 32.1. The van der Waals surface area contributed by atoms with Gasteiger partial charge in [-0.2, -0.15) is 0 Å². The van der Waals surface area contributed by atoms with Gasteiger partial charge in [-0.1, -0.05) is 6.07 Å². The van der Waals surface area contributed by atoms with E-state index < -0.39 is 5.91 Å². The summed E-state index contributed by atoms with van der Waals surface area (Å²) >= 11 is 1.30. The lowest BCUT2D eigenvalue weighted by Gasteiger charge is -2.34. The molecule has 1 amide bonds. The minimum atomic E-state index is -0.402. The minimum Gasteiger partial charge on any atom is -0.467 e. The maximum absolute atomic E-state index is 14.7. The van der Waals surface area contributed by atoms with Gasteiger partial charge in [0.15, 0.2) is 0 Å². The van der Waals surface area contributed by atoms with E-state index >= 15 is 0 Å². The van der Waals surface area contributed by atoms with Crippen molar-refractivity contribution in [2.45, 2.75) is 12.8 Å². The second-order valence-electron chi connectivity index (χ2n) is 7.25. The molecule has 2 aromatic heterocycles. The number of methoxy groups -OCH3 is 1. The van der Waals surface area contributed by atoms with Gasteiger partial charge in [-0.3, -0.25) is 4.79 Å². The summed E-state index contributed by atoms with van der Waals surface area (Å²) in [5, 5.41) is 5.08. The van der Waals surface area contributed by atoms with Crippen LogP contribution in [-0.4, -0.2) is 47.6 Å². The van der Waals surface area contributed by atoms with Crippen molar-refractivity contribution in [3.63, 3.8) is 0 Å². The molecule has 0 aliphatic carbocycles. The summed E-state index contributed by atoms with van der Waals surface area (Å²) in [4.78, 5) is 27.3. The Morgan fingerprint density at radius 3 is 2.74 bits per heavy atom. The Kier molecular flexibility index (Phi) is 6.38. The van der Waals surface area contributed by atoms with Crippen LogP contribution in [0.5, 0.6) is 6.01 Å². The van der Waals surface area contributed by atoms with Crippen LogP contribution in [0.25, 0.3) is 10.6 Å². The first kappa shape index (κ1) is 21.1. The van der Waals surface area contributed by atoms with Crippen molar-refractivity contribution >= 4 is 28.6 Å². The number of benzene rings is 1. The van der Waals surface area contributed by atoms with Gasteiger partial charge in [0.1, 0.15) is 16.5 Å². The molecule has 1 aliphatic rings. The molecular weight excluding hydrogens is 419 g/mol. The molecule has 0 bridgehead atoms. The summed E-state index contributed by atoms with van der Waals surface area (Å²) in [6.45, 7) is 2.04. The van der Waals surface area contributed by atoms with E-state index in [1.165, 1.54) is 24.5 Å². The van der Waals surface area contributed by atoms with Crippen LogP contribution in [0.4, 0.5) is 15.8 Å². The van der Waals surface area contributed by atoms with E-state index in [1.54, 1.807) is 29.9 Å². The molecule has 1 aliphatic heterocycles. The van der Waals surface area contributed by atoms with Crippen molar-refractivity contribution in [3.8, 4) is 16.6 Å². The number of thiazole rings is 1. The summed E-state index contributed by atoms with van der Waals surface area (Å²) in [7, 11) is 1.49. The van der Waals surface area contributed by atoms with Gasteiger partial charge in [0, 0.05) is 36.4 Å². The second kappa shape index (κ2) is 9.36. The number of carbonyl (C=O) groups excluding carboxylic acids is 1. The number of hydrogen-bond acceptors (Lipinski definition) is 8. The van der Waals surface area contributed by atoms with Gasteiger partial charge in [-0.15, -0.1) is 11.3 Å². The smallest absolute Gasteiger partial charge is 0.316 e. The number of piperidine rings is 1. The van der Waals surface area contributed by atoms with Gasteiger partial charge in [-0.05, 0) is 37.4 Å². The number of hydrogen-bond donors (Lipinski definition) is 2. The Hall–Kier alpha value is -3.11. The maximum Gasteiger partial charge on any atom is 0.316 e. The third kappa shape index (κ3) is 4.64. The quantitative estimate of drug-likeness (QED) is 0.604. The topological polar surface area (TPSA) is 106 Å². The zero-order valence-electron chi connectivity index (χ0n) is 17.0. The van der Waals surface area contributed by atoms with Crippen LogP contribution >= 0.6 is 11.3 Å². The maximum atomic E-state index is 14.7. The summed E-state index contributed by atoms with van der Waals surface area (Å²) in [6, 6.07) is 4.95. The minimum absolute atomic E-state index is 0.243. The Bertz CT molecular complexity index is 1050. The van der Waals surface area contributed by atoms with E-state index in [0.29, 0.717) is 47.5 Å². The fraction of sp³-hybridized carbons (Fsp3) is 0.333. The normalized spacial score (nSPS) is 14.5. The average molecular weight is 443 g/mol. The van der Waals surface area contributed by atoms with Crippen LogP contribution in [0.2, 0.25) is 0 Å². The van der Waals surface area contributed by atoms with E-state index in [2.05, 4.69) is 20.3 Å². The molecule has 31 heavy (non-hydrogen) atoms. The lowest BCUT2D eigenvalue weighted by molar-refractivity contribution is 0.102. The van der Waals surface area contributed by atoms with E-state index in [1.807, 2.05) is 4.90 Å². The van der Waals surface area contributed by atoms with Gasteiger partial charge in [-0.25, -0.2) is 19.3 Å². The predicted molar refractivity (Wildman–Crippen MR) is 118 cm³/mol. The number of amides is 1. The van der Waals surface area contributed by atoms with Crippen LogP contribution in [0.3, 0.4) is 0 Å². The molecular formula is C21H23FN6O2S. The highest BCUT2D eigenvalue weighted by Crippen LogP contribution is 2.33. The molecule has 162 valence electrons. The largest absolute Gasteiger partial charge is 0.467 e. The molecule has 8 nitrogen and oxygen atoms in total. The van der Waals surface area contributed by atoms with E-state index in [4.69, 9.17) is 10.5 Å². The van der Waals surface area contributed by atoms with Gasteiger partial charge in [0.2, 0.25) is 0 Å². The molecule has 1 saturated heterocycles. The fourth-order valence-corrected chi connectivity index (χ4v) is 4.33. The molecule has 0 spiro atoms. The SMILES string of the molecule is COc1ncc(-c2nc(C(=O)Nc3cccc(F)c3N3CCC(CN)CC3)cs2)cn1. The van der Waals surface area contributed by atoms with Crippen molar-refractivity contribution < 1.29 is 13.9 Å². The monoisotopic (exact) mass is 442 g/mol. The van der Waals surface area contributed by atoms with Crippen LogP contribution in [0.15, 0.2) is 36.0 Å². The van der Waals surface area contributed by atoms with Gasteiger partial charge < -0.3 is 20.7 Å². The number of nitrogens with zero attached hydrogens (tertiary/aromatic N) is 4. The second-order valence-corrected chi connectivity index (χ2v) is 8.11. The highest BCUT2D eigenvalue weighted by molar-refractivity contribution is 7.13. The van der Waals surface area contributed by atoms with Crippen molar-refractivity contribution in [1.82, 2.24) is 15.0 Å². The average Bonchev–Trinajstić information content (AvgIpc) is 3.30. The summed E-state index contributed by atoms with van der Waals surface area (Å²) in [5.41, 5.74) is 7.53. The van der Waals surface area contributed by atoms with E-state index in [0.717, 1.165) is 12.8 Å². The Labute approximate surface area is 183 Å². The number of anilines is 2. The fourth-order valence-electron chi connectivity index (χ4n) is 3.56. The first-order chi connectivity index (χ1) is 15.1. The Morgan fingerprint density at radius 2 is 2.06 bits per heavy atom. The summed E-state index contributed by atoms with van der Waals surface area (Å²) in [5.74, 6) is -0.310. The molecule has 0 radical (unpaired) electrons. The lowest BCUT2D eigenvalue weighted by Crippen LogP contribution is -2.37. The molecule has 0 unspecified atom stereocenters. The molecule has 3 heterocycles. The molecule has 1 fully saturated rings. The third-order valence-corrected chi connectivity index (χ3v) is 6.18. The number of para-hydroxylation sites is 1. The first-order valence-corrected chi connectivity index (χ1v) is 10.8. The molecule has 0 atom stereocenters. The Balaban J connectivity index is 1.51. The first-order valence-electron chi connectivity index (χ1n) is 9.96. The standard InChI is InChI=1S/C21H23FN6O2S/c1-30-21-24-10-14(11-25-21)20-27-17(12-31-20)19(29)26-16-4-2-3-15(22)18(16)28-7-5-13(9-23)6-8-28/h2-4,10-13H,5-9,23H2,1H3,(H,26,29). The van der Waals surface area contributed by atoms with Gasteiger partial charge >= 0.3 is 6.01 Å². The van der Waals surface area contributed by atoms with Gasteiger partial charge in [0.25, 0.3) is 5.91 Å². The number of carbonyl (C=O) groups is 1. The molecule has 3 aromatic rings. The van der Waals surface area contributed by atoms with Crippen molar-refractivity contribution in [2.24, 2.45) is 11.7 Å². The van der Waals surface area contributed by atoms with Crippen LogP contribution in [0, 0.1) is 11.7 Å². The number of aromatic nitrogens is 3. The molecule has 0 saturated carbocycles. The van der Waals surface area contributed by atoms with Crippen LogP contribution < -0.4 is 20.7 Å². The zero-order chi connectivity index (χ0) is 21.8. The molecule has 3 N–H and O–H groups in total. The molecule has 4 rings (SSSR count). The zero-order valence-corrected chi connectivity index (χ0v) is 17.9.